The minimum absolute atomic E-state index is 0.192. The van der Waals surface area contributed by atoms with Gasteiger partial charge in [0, 0.05) is 17.6 Å². The maximum absolute atomic E-state index is 11.8. The van der Waals surface area contributed by atoms with Crippen LogP contribution in [0, 0.1) is 0 Å². The van der Waals surface area contributed by atoms with Gasteiger partial charge in [-0.1, -0.05) is 64.7 Å². The number of H-pyrrole nitrogens is 1. The van der Waals surface area contributed by atoms with Crippen LogP contribution in [0.25, 0.3) is 0 Å². The Labute approximate surface area is 191 Å². The van der Waals surface area contributed by atoms with E-state index in [-0.39, 0.29) is 12.4 Å². The van der Waals surface area contributed by atoms with Crippen LogP contribution >= 0.6 is 11.8 Å². The van der Waals surface area contributed by atoms with E-state index in [9.17, 15) is 14.7 Å². The molecule has 8 heteroatoms. The Morgan fingerprint density at radius 3 is 2.23 bits per heavy atom. The predicted octanol–water partition coefficient (Wildman–Crippen LogP) is 4.74. The van der Waals surface area contributed by atoms with E-state index in [0.29, 0.717) is 11.6 Å². The molecule has 0 bridgehead atoms. The molecule has 0 aliphatic heterocycles. The average Bonchev–Trinajstić information content (AvgIpc) is 3.25. The number of thioether (sulfide) groups is 1. The fourth-order valence-corrected chi connectivity index (χ4v) is 4.50. The number of esters is 2. The van der Waals surface area contributed by atoms with Crippen LogP contribution < -0.4 is 0 Å². The monoisotopic (exact) mass is 456 g/mol. The molecule has 2 atom stereocenters. The third-order valence-corrected chi connectivity index (χ3v) is 6.56. The number of imidazole rings is 1. The SMILES string of the molecule is CCCCCCCCCCCCc1cnc(C(SCCC(=O)OC)C(O)C(=O)OC)[nH]1. The van der Waals surface area contributed by atoms with E-state index >= 15 is 0 Å². The van der Waals surface area contributed by atoms with Gasteiger partial charge >= 0.3 is 11.9 Å². The molecule has 0 aliphatic rings. The summed E-state index contributed by atoms with van der Waals surface area (Å²) in [6.07, 6.45) is 14.4. The lowest BCUT2D eigenvalue weighted by Gasteiger charge is -2.18. The zero-order valence-electron chi connectivity index (χ0n) is 19.4. The number of aromatic amines is 1. The van der Waals surface area contributed by atoms with Crippen LogP contribution in [0.5, 0.6) is 0 Å². The summed E-state index contributed by atoms with van der Waals surface area (Å²) in [5.41, 5.74) is 0.991. The summed E-state index contributed by atoms with van der Waals surface area (Å²) in [6.45, 7) is 2.24. The first-order chi connectivity index (χ1) is 15.0. The lowest BCUT2D eigenvalue weighted by atomic mass is 10.1. The van der Waals surface area contributed by atoms with Crippen LogP contribution in [0.2, 0.25) is 0 Å². The van der Waals surface area contributed by atoms with Gasteiger partial charge in [0.25, 0.3) is 0 Å². The summed E-state index contributed by atoms with van der Waals surface area (Å²) in [4.78, 5) is 30.8. The number of ether oxygens (including phenoxy) is 2. The number of carbonyl (C=O) groups excluding carboxylic acids is 2. The van der Waals surface area contributed by atoms with Crippen molar-refractivity contribution in [3.8, 4) is 0 Å². The molecule has 0 radical (unpaired) electrons. The summed E-state index contributed by atoms with van der Waals surface area (Å²) in [7, 11) is 2.57. The Bertz CT molecular complexity index is 623. The fraction of sp³-hybridized carbons (Fsp3) is 0.783. The van der Waals surface area contributed by atoms with Crippen molar-refractivity contribution in [2.24, 2.45) is 0 Å². The number of aliphatic hydroxyl groups excluding tert-OH is 1. The number of aryl methyl sites for hydroxylation is 1. The minimum Gasteiger partial charge on any atom is -0.469 e. The molecule has 0 fully saturated rings. The van der Waals surface area contributed by atoms with E-state index in [2.05, 4.69) is 26.4 Å². The van der Waals surface area contributed by atoms with Gasteiger partial charge in [-0.05, 0) is 12.8 Å². The number of unbranched alkanes of at least 4 members (excludes halogenated alkanes) is 9. The number of nitrogens with zero attached hydrogens (tertiary/aromatic N) is 1. The van der Waals surface area contributed by atoms with Crippen molar-refractivity contribution < 1.29 is 24.2 Å². The summed E-state index contributed by atoms with van der Waals surface area (Å²) < 4.78 is 9.32. The maximum atomic E-state index is 11.8. The van der Waals surface area contributed by atoms with Crippen molar-refractivity contribution in [3.63, 3.8) is 0 Å². The molecule has 2 N–H and O–H groups in total. The van der Waals surface area contributed by atoms with Gasteiger partial charge in [-0.15, -0.1) is 11.8 Å². The first-order valence-electron chi connectivity index (χ1n) is 11.5. The van der Waals surface area contributed by atoms with Gasteiger partial charge in [-0.2, -0.15) is 0 Å². The highest BCUT2D eigenvalue weighted by atomic mass is 32.2. The molecule has 7 nitrogen and oxygen atoms in total. The van der Waals surface area contributed by atoms with Gasteiger partial charge in [0.1, 0.15) is 5.82 Å². The van der Waals surface area contributed by atoms with Gasteiger partial charge < -0.3 is 19.6 Å². The Morgan fingerprint density at radius 2 is 1.65 bits per heavy atom. The standard InChI is InChI=1S/C23H40N2O5S/c1-4-5-6-7-8-9-10-11-12-13-14-18-17-24-22(25-18)21(20(27)23(28)30-3)31-16-15-19(26)29-2/h17,20-21,27H,4-16H2,1-3H3,(H,24,25). The Hall–Kier alpha value is -1.54. The molecule has 1 rings (SSSR count). The third kappa shape index (κ3) is 11.6. The molecule has 1 aromatic heterocycles. The summed E-state index contributed by atoms with van der Waals surface area (Å²) >= 11 is 1.28. The largest absolute Gasteiger partial charge is 0.469 e. The van der Waals surface area contributed by atoms with Gasteiger partial charge in [0.2, 0.25) is 0 Å². The van der Waals surface area contributed by atoms with Gasteiger partial charge in [0.15, 0.2) is 6.10 Å². The van der Waals surface area contributed by atoms with Crippen molar-refractivity contribution in [2.75, 3.05) is 20.0 Å². The van der Waals surface area contributed by atoms with Crippen molar-refractivity contribution in [3.05, 3.63) is 17.7 Å². The van der Waals surface area contributed by atoms with Crippen LogP contribution in [0.4, 0.5) is 0 Å². The lowest BCUT2D eigenvalue weighted by Crippen LogP contribution is -2.28. The highest BCUT2D eigenvalue weighted by molar-refractivity contribution is 7.99. The normalized spacial score (nSPS) is 13.0. The molecule has 0 saturated carbocycles. The molecule has 0 aliphatic carbocycles. The Kier molecular flexibility index (Phi) is 15.1. The number of aromatic nitrogens is 2. The molecule has 178 valence electrons. The second-order valence-electron chi connectivity index (χ2n) is 7.81. The van der Waals surface area contributed by atoms with Crippen LogP contribution in [0.3, 0.4) is 0 Å². The molecule has 0 amide bonds. The molecule has 0 saturated heterocycles. The van der Waals surface area contributed by atoms with Crippen LogP contribution in [0.15, 0.2) is 6.20 Å². The van der Waals surface area contributed by atoms with Crippen LogP contribution in [0.1, 0.15) is 94.3 Å². The number of methoxy groups -OCH3 is 2. The van der Waals surface area contributed by atoms with Gasteiger partial charge in [0.05, 0.1) is 25.9 Å². The van der Waals surface area contributed by atoms with E-state index in [1.54, 1.807) is 6.20 Å². The van der Waals surface area contributed by atoms with Crippen LogP contribution in [-0.2, 0) is 25.5 Å². The number of rotatable bonds is 18. The predicted molar refractivity (Wildman–Crippen MR) is 124 cm³/mol. The van der Waals surface area contributed by atoms with Crippen molar-refractivity contribution in [1.82, 2.24) is 9.97 Å². The minimum atomic E-state index is -1.36. The topological polar surface area (TPSA) is 102 Å². The lowest BCUT2D eigenvalue weighted by molar-refractivity contribution is -0.150. The van der Waals surface area contributed by atoms with E-state index in [4.69, 9.17) is 0 Å². The summed E-state index contributed by atoms with van der Waals surface area (Å²) in [6, 6.07) is 0. The zero-order chi connectivity index (χ0) is 22.9. The van der Waals surface area contributed by atoms with Crippen LogP contribution in [-0.4, -0.2) is 53.1 Å². The number of hydrogen-bond acceptors (Lipinski definition) is 7. The fourth-order valence-electron chi connectivity index (χ4n) is 3.39. The molecule has 31 heavy (non-hydrogen) atoms. The highest BCUT2D eigenvalue weighted by Crippen LogP contribution is 2.31. The maximum Gasteiger partial charge on any atom is 0.336 e. The zero-order valence-corrected chi connectivity index (χ0v) is 20.2. The van der Waals surface area contributed by atoms with Crippen molar-refractivity contribution in [1.29, 1.82) is 0 Å². The first kappa shape index (κ1) is 27.5. The second kappa shape index (κ2) is 17.1. The van der Waals surface area contributed by atoms with Crippen molar-refractivity contribution >= 4 is 23.7 Å². The molecular formula is C23H40N2O5S. The van der Waals surface area contributed by atoms with Gasteiger partial charge in [-0.3, -0.25) is 4.79 Å². The molecular weight excluding hydrogens is 416 g/mol. The number of nitrogens with one attached hydrogen (secondary N) is 1. The van der Waals surface area contributed by atoms with Crippen molar-refractivity contribution in [2.45, 2.75) is 95.3 Å². The second-order valence-corrected chi connectivity index (χ2v) is 9.06. The smallest absolute Gasteiger partial charge is 0.336 e. The highest BCUT2D eigenvalue weighted by Gasteiger charge is 2.31. The molecule has 1 aromatic rings. The Morgan fingerprint density at radius 1 is 1.03 bits per heavy atom. The third-order valence-electron chi connectivity index (χ3n) is 5.28. The number of hydrogen-bond donors (Lipinski definition) is 2. The number of aliphatic hydroxyl groups is 1. The van der Waals surface area contributed by atoms with E-state index in [0.717, 1.165) is 18.5 Å². The van der Waals surface area contributed by atoms with E-state index in [1.165, 1.54) is 83.8 Å². The average molecular weight is 457 g/mol. The van der Waals surface area contributed by atoms with E-state index < -0.39 is 17.3 Å². The molecule has 1 heterocycles. The quantitative estimate of drug-likeness (QED) is 0.243. The van der Waals surface area contributed by atoms with E-state index in [1.807, 2.05) is 0 Å². The molecule has 0 spiro atoms. The first-order valence-corrected chi connectivity index (χ1v) is 12.6. The number of carbonyl (C=O) groups is 2. The molecule has 0 aromatic carbocycles. The Balaban J connectivity index is 2.41. The summed E-state index contributed by atoms with van der Waals surface area (Å²) in [5, 5.41) is 9.73. The summed E-state index contributed by atoms with van der Waals surface area (Å²) in [5.74, 6) is -0.127. The molecule has 2 unspecified atom stereocenters. The van der Waals surface area contributed by atoms with Gasteiger partial charge in [-0.25, -0.2) is 9.78 Å².